The van der Waals surface area contributed by atoms with Gasteiger partial charge in [-0.1, -0.05) is 77.6 Å². The second kappa shape index (κ2) is 12.9. The van der Waals surface area contributed by atoms with Crippen LogP contribution in [0, 0.1) is 0 Å². The molecule has 1 heterocycles. The van der Waals surface area contributed by atoms with Crippen LogP contribution in [0.4, 0.5) is 0 Å². The van der Waals surface area contributed by atoms with E-state index in [-0.39, 0.29) is 0 Å². The van der Waals surface area contributed by atoms with E-state index in [2.05, 4.69) is 22.4 Å². The molecule has 1 N–H and O–H groups in total. The molecule has 138 valence electrons. The molecule has 1 unspecified atom stereocenters. The number of hydrogen-bond donors (Lipinski definition) is 1. The zero-order valence-corrected chi connectivity index (χ0v) is 15.4. The Bertz CT molecular complexity index is 448. The minimum atomic E-state index is -0.888. The first-order valence-electron chi connectivity index (χ1n) is 9.65. The molecule has 0 aliphatic rings. The van der Waals surface area contributed by atoms with E-state index in [1.165, 1.54) is 64.2 Å². The van der Waals surface area contributed by atoms with Crippen molar-refractivity contribution in [1.29, 1.82) is 0 Å². The SMILES string of the molecule is CCCCCCCCCCCCCCn1nnnc1C(C)C(=O)O. The number of carboxylic acid groups (broad SMARTS) is 1. The number of nitrogens with zero attached hydrogens (tertiary/aromatic N) is 4. The lowest BCUT2D eigenvalue weighted by molar-refractivity contribution is -0.138. The number of unbranched alkanes of at least 4 members (excludes halogenated alkanes) is 11. The molecule has 24 heavy (non-hydrogen) atoms. The molecule has 0 aromatic carbocycles. The number of carboxylic acids is 1. The maximum atomic E-state index is 11.0. The van der Waals surface area contributed by atoms with Crippen LogP contribution in [0.3, 0.4) is 0 Å². The number of aryl methyl sites for hydroxylation is 1. The molecule has 0 spiro atoms. The highest BCUT2D eigenvalue weighted by Crippen LogP contribution is 2.14. The number of aromatic nitrogens is 4. The summed E-state index contributed by atoms with van der Waals surface area (Å²) in [4.78, 5) is 11.0. The van der Waals surface area contributed by atoms with Crippen LogP contribution in [-0.4, -0.2) is 31.3 Å². The molecule has 0 radical (unpaired) electrons. The lowest BCUT2D eigenvalue weighted by atomic mass is 10.1. The normalized spacial score (nSPS) is 12.4. The molecule has 0 fully saturated rings. The third-order valence-corrected chi connectivity index (χ3v) is 4.54. The van der Waals surface area contributed by atoms with Crippen LogP contribution in [-0.2, 0) is 11.3 Å². The third-order valence-electron chi connectivity index (χ3n) is 4.54. The molecular weight excluding hydrogens is 304 g/mol. The second-order valence-corrected chi connectivity index (χ2v) is 6.71. The molecule has 1 rings (SSSR count). The summed E-state index contributed by atoms with van der Waals surface area (Å²) in [5.41, 5.74) is 0. The van der Waals surface area contributed by atoms with Gasteiger partial charge in [-0.3, -0.25) is 4.79 Å². The van der Waals surface area contributed by atoms with E-state index in [1.54, 1.807) is 11.6 Å². The Hall–Kier alpha value is -1.46. The van der Waals surface area contributed by atoms with E-state index in [0.717, 1.165) is 12.8 Å². The van der Waals surface area contributed by atoms with Crippen LogP contribution in [0.5, 0.6) is 0 Å². The monoisotopic (exact) mass is 338 g/mol. The molecule has 0 aliphatic heterocycles. The summed E-state index contributed by atoms with van der Waals surface area (Å²) in [6.07, 6.45) is 15.7. The maximum absolute atomic E-state index is 11.0. The van der Waals surface area contributed by atoms with E-state index < -0.39 is 11.9 Å². The number of aliphatic carboxylic acids is 1. The lowest BCUT2D eigenvalue weighted by Crippen LogP contribution is -2.15. The smallest absolute Gasteiger partial charge is 0.314 e. The highest BCUT2D eigenvalue weighted by molar-refractivity contribution is 5.74. The van der Waals surface area contributed by atoms with Crippen LogP contribution in [0.25, 0.3) is 0 Å². The van der Waals surface area contributed by atoms with E-state index >= 15 is 0 Å². The van der Waals surface area contributed by atoms with Crippen LogP contribution >= 0.6 is 0 Å². The molecule has 1 atom stereocenters. The fourth-order valence-electron chi connectivity index (χ4n) is 2.89. The predicted molar refractivity (Wildman–Crippen MR) is 94.9 cm³/mol. The van der Waals surface area contributed by atoms with Crippen molar-refractivity contribution in [1.82, 2.24) is 20.2 Å². The minimum absolute atomic E-state index is 0.450. The van der Waals surface area contributed by atoms with E-state index in [4.69, 9.17) is 5.11 Å². The molecule has 0 aliphatic carbocycles. The minimum Gasteiger partial charge on any atom is -0.481 e. The van der Waals surface area contributed by atoms with Crippen LogP contribution < -0.4 is 0 Å². The number of rotatable bonds is 15. The lowest BCUT2D eigenvalue weighted by Gasteiger charge is -2.07. The molecule has 1 aromatic heterocycles. The molecule has 0 saturated heterocycles. The van der Waals surface area contributed by atoms with Crippen molar-refractivity contribution in [2.75, 3.05) is 0 Å². The fraction of sp³-hybridized carbons (Fsp3) is 0.889. The Morgan fingerprint density at radius 3 is 1.96 bits per heavy atom. The molecular formula is C18H34N4O2. The van der Waals surface area contributed by atoms with Crippen LogP contribution in [0.15, 0.2) is 0 Å². The molecule has 6 nitrogen and oxygen atoms in total. The summed E-state index contributed by atoms with van der Waals surface area (Å²) in [7, 11) is 0. The molecule has 1 aromatic rings. The average Bonchev–Trinajstić information content (AvgIpc) is 3.03. The van der Waals surface area contributed by atoms with Crippen LogP contribution in [0.2, 0.25) is 0 Å². The van der Waals surface area contributed by atoms with Gasteiger partial charge in [0.1, 0.15) is 5.92 Å². The van der Waals surface area contributed by atoms with Crippen molar-refractivity contribution < 1.29 is 9.90 Å². The quantitative estimate of drug-likeness (QED) is 0.474. The third kappa shape index (κ3) is 8.41. The van der Waals surface area contributed by atoms with Crippen molar-refractivity contribution in [3.63, 3.8) is 0 Å². The van der Waals surface area contributed by atoms with E-state index in [1.807, 2.05) is 0 Å². The molecule has 0 bridgehead atoms. The van der Waals surface area contributed by atoms with Crippen molar-refractivity contribution in [3.8, 4) is 0 Å². The van der Waals surface area contributed by atoms with Crippen molar-refractivity contribution in [2.24, 2.45) is 0 Å². The number of carbonyl (C=O) groups is 1. The summed E-state index contributed by atoms with van der Waals surface area (Å²) < 4.78 is 1.63. The van der Waals surface area contributed by atoms with E-state index in [9.17, 15) is 4.79 Å². The first-order valence-corrected chi connectivity index (χ1v) is 9.65. The summed E-state index contributed by atoms with van der Waals surface area (Å²) in [6, 6.07) is 0. The first kappa shape index (κ1) is 20.6. The Labute approximate surface area is 146 Å². The van der Waals surface area contributed by atoms with Gasteiger partial charge in [-0.25, -0.2) is 4.68 Å². The van der Waals surface area contributed by atoms with E-state index in [0.29, 0.717) is 12.4 Å². The van der Waals surface area contributed by atoms with Gasteiger partial charge in [-0.2, -0.15) is 0 Å². The summed E-state index contributed by atoms with van der Waals surface area (Å²) in [5.74, 6) is -1.09. The van der Waals surface area contributed by atoms with Crippen molar-refractivity contribution in [2.45, 2.75) is 103 Å². The van der Waals surface area contributed by atoms with Crippen LogP contribution in [0.1, 0.15) is 103 Å². The summed E-state index contributed by atoms with van der Waals surface area (Å²) in [5, 5.41) is 20.4. The predicted octanol–water partition coefficient (Wildman–Crippen LogP) is 4.56. The van der Waals surface area contributed by atoms with Gasteiger partial charge in [-0.15, -0.1) is 5.10 Å². The topological polar surface area (TPSA) is 80.9 Å². The maximum Gasteiger partial charge on any atom is 0.314 e. The van der Waals surface area contributed by atoms with Gasteiger partial charge in [-0.05, 0) is 23.8 Å². The Kier molecular flexibility index (Phi) is 11.1. The highest BCUT2D eigenvalue weighted by Gasteiger charge is 2.20. The second-order valence-electron chi connectivity index (χ2n) is 6.71. The fourth-order valence-corrected chi connectivity index (χ4v) is 2.89. The zero-order valence-electron chi connectivity index (χ0n) is 15.4. The molecule has 0 amide bonds. The Morgan fingerprint density at radius 2 is 1.46 bits per heavy atom. The largest absolute Gasteiger partial charge is 0.481 e. The Morgan fingerprint density at radius 1 is 0.958 bits per heavy atom. The van der Waals surface area contributed by atoms with Gasteiger partial charge in [0.2, 0.25) is 0 Å². The van der Waals surface area contributed by atoms with Crippen molar-refractivity contribution in [3.05, 3.63) is 5.82 Å². The summed E-state index contributed by atoms with van der Waals surface area (Å²) >= 11 is 0. The molecule has 0 saturated carbocycles. The van der Waals surface area contributed by atoms with Gasteiger partial charge in [0, 0.05) is 6.54 Å². The first-order chi connectivity index (χ1) is 11.7. The Balaban J connectivity index is 1.99. The average molecular weight is 338 g/mol. The standard InChI is InChI=1S/C18H34N4O2/c1-3-4-5-6-7-8-9-10-11-12-13-14-15-22-17(19-20-21-22)16(2)18(23)24/h16H,3-15H2,1-2H3,(H,23,24). The van der Waals surface area contributed by atoms with Gasteiger partial charge >= 0.3 is 5.97 Å². The zero-order chi connectivity index (χ0) is 17.6. The van der Waals surface area contributed by atoms with Gasteiger partial charge in [0.25, 0.3) is 0 Å². The number of tetrazole rings is 1. The number of hydrogen-bond acceptors (Lipinski definition) is 4. The molecule has 6 heteroatoms. The highest BCUT2D eigenvalue weighted by atomic mass is 16.4. The van der Waals surface area contributed by atoms with Gasteiger partial charge in [0.05, 0.1) is 0 Å². The van der Waals surface area contributed by atoms with Crippen molar-refractivity contribution >= 4 is 5.97 Å². The summed E-state index contributed by atoms with van der Waals surface area (Å²) in [6.45, 7) is 4.58. The van der Waals surface area contributed by atoms with Gasteiger partial charge in [0.15, 0.2) is 5.82 Å². The van der Waals surface area contributed by atoms with Gasteiger partial charge < -0.3 is 5.11 Å².